The van der Waals surface area contributed by atoms with Gasteiger partial charge in [0.1, 0.15) is 4.90 Å². The average molecular weight is 575 g/mol. The number of methoxy groups -OCH3 is 1. The van der Waals surface area contributed by atoms with Gasteiger partial charge < -0.3 is 14.6 Å². The third-order valence-electron chi connectivity index (χ3n) is 6.26. The third-order valence-corrected chi connectivity index (χ3v) is 8.82. The fourth-order valence-corrected chi connectivity index (χ4v) is 6.34. The van der Waals surface area contributed by atoms with E-state index in [0.717, 1.165) is 26.3 Å². The predicted molar refractivity (Wildman–Crippen MR) is 151 cm³/mol. The molecule has 0 aliphatic carbocycles. The van der Waals surface area contributed by atoms with Gasteiger partial charge in [-0.15, -0.1) is 0 Å². The molecule has 0 radical (unpaired) electrons. The smallest absolute Gasteiger partial charge is 0.245 e. The number of nitrogens with zero attached hydrogens (tertiary/aromatic N) is 2. The Hall–Kier alpha value is -2.88. The molecule has 1 N–H and O–H groups in total. The van der Waals surface area contributed by atoms with Gasteiger partial charge in [-0.05, 0) is 41.8 Å². The molecular formula is C28H29Cl2N3O4S. The average Bonchev–Trinajstić information content (AvgIpc) is 3.33. The molecule has 0 atom stereocenters. The first-order valence-electron chi connectivity index (χ1n) is 12.1. The van der Waals surface area contributed by atoms with Crippen molar-refractivity contribution in [2.45, 2.75) is 17.9 Å². The third kappa shape index (κ3) is 6.76. The van der Waals surface area contributed by atoms with Crippen LogP contribution in [0.15, 0.2) is 83.9 Å². The first kappa shape index (κ1) is 28.1. The number of H-pyrrole nitrogens is 1. The van der Waals surface area contributed by atoms with Crippen LogP contribution < -0.4 is 0 Å². The van der Waals surface area contributed by atoms with Crippen molar-refractivity contribution in [3.05, 3.63) is 100 Å². The molecule has 0 aliphatic heterocycles. The van der Waals surface area contributed by atoms with Crippen molar-refractivity contribution in [3.63, 3.8) is 0 Å². The highest BCUT2D eigenvalue weighted by Crippen LogP contribution is 2.28. The molecule has 1 amide bonds. The van der Waals surface area contributed by atoms with Gasteiger partial charge in [-0.2, -0.15) is 4.31 Å². The first-order valence-corrected chi connectivity index (χ1v) is 14.3. The molecule has 0 saturated carbocycles. The van der Waals surface area contributed by atoms with E-state index in [1.165, 1.54) is 25.3 Å². The summed E-state index contributed by atoms with van der Waals surface area (Å²) < 4.78 is 33.4. The van der Waals surface area contributed by atoms with Gasteiger partial charge in [0.25, 0.3) is 0 Å². The van der Waals surface area contributed by atoms with E-state index in [1.807, 2.05) is 60.8 Å². The van der Waals surface area contributed by atoms with Gasteiger partial charge in [0.2, 0.25) is 15.9 Å². The fraction of sp³-hybridized carbons (Fsp3) is 0.250. The van der Waals surface area contributed by atoms with Crippen molar-refractivity contribution < 1.29 is 17.9 Å². The lowest BCUT2D eigenvalue weighted by Gasteiger charge is -2.27. The highest BCUT2D eigenvalue weighted by Gasteiger charge is 2.30. The van der Waals surface area contributed by atoms with E-state index in [0.29, 0.717) is 19.5 Å². The maximum absolute atomic E-state index is 13.7. The van der Waals surface area contributed by atoms with Gasteiger partial charge in [-0.25, -0.2) is 8.42 Å². The van der Waals surface area contributed by atoms with Crippen LogP contribution in [0.25, 0.3) is 10.9 Å². The number of nitrogens with one attached hydrogen (secondary N) is 1. The van der Waals surface area contributed by atoms with Crippen LogP contribution in [-0.4, -0.2) is 61.9 Å². The van der Waals surface area contributed by atoms with E-state index in [9.17, 15) is 13.2 Å². The van der Waals surface area contributed by atoms with Crippen LogP contribution in [0, 0.1) is 0 Å². The van der Waals surface area contributed by atoms with Crippen LogP contribution in [0.4, 0.5) is 0 Å². The van der Waals surface area contributed by atoms with Gasteiger partial charge in [-0.1, -0.05) is 71.7 Å². The van der Waals surface area contributed by atoms with E-state index in [2.05, 4.69) is 4.98 Å². The summed E-state index contributed by atoms with van der Waals surface area (Å²) in [5, 5.41) is 1.36. The Balaban J connectivity index is 1.59. The molecule has 0 fully saturated rings. The number of ether oxygens (including phenoxy) is 1. The van der Waals surface area contributed by atoms with E-state index in [-0.39, 0.29) is 40.5 Å². The van der Waals surface area contributed by atoms with E-state index in [4.69, 9.17) is 27.9 Å². The lowest BCUT2D eigenvalue weighted by Crippen LogP contribution is -2.44. The largest absolute Gasteiger partial charge is 0.383 e. The number of halogens is 2. The second kappa shape index (κ2) is 12.8. The normalized spacial score (nSPS) is 11.8. The molecule has 38 heavy (non-hydrogen) atoms. The zero-order chi connectivity index (χ0) is 27.1. The number of amides is 1. The van der Waals surface area contributed by atoms with Crippen LogP contribution in [-0.2, 0) is 32.5 Å². The Morgan fingerprint density at radius 3 is 2.47 bits per heavy atom. The zero-order valence-corrected chi connectivity index (χ0v) is 23.3. The summed E-state index contributed by atoms with van der Waals surface area (Å²) >= 11 is 12.3. The summed E-state index contributed by atoms with van der Waals surface area (Å²) in [6.07, 6.45) is 2.56. The zero-order valence-electron chi connectivity index (χ0n) is 20.9. The van der Waals surface area contributed by atoms with Crippen molar-refractivity contribution in [1.82, 2.24) is 14.2 Å². The molecular weight excluding hydrogens is 545 g/mol. The number of carbonyl (C=O) groups is 1. The Kier molecular flexibility index (Phi) is 9.46. The molecule has 3 aromatic carbocycles. The molecule has 1 aromatic heterocycles. The predicted octanol–water partition coefficient (Wildman–Crippen LogP) is 5.38. The topological polar surface area (TPSA) is 82.7 Å². The number of para-hydroxylation sites is 1. The van der Waals surface area contributed by atoms with E-state index in [1.54, 1.807) is 4.90 Å². The van der Waals surface area contributed by atoms with Crippen molar-refractivity contribution in [3.8, 4) is 0 Å². The number of hydrogen-bond donors (Lipinski definition) is 1. The molecule has 0 saturated heterocycles. The van der Waals surface area contributed by atoms with E-state index >= 15 is 0 Å². The molecule has 1 heterocycles. The number of rotatable bonds is 12. The standard InChI is InChI=1S/C28H29Cl2N3O4S/c1-37-16-15-33(38(35,36)27-17-23(29)11-12-25(27)30)20-28(34)32(19-21-7-3-2-4-8-21)14-13-22-18-31-26-10-6-5-9-24(22)26/h2-12,17-18,31H,13-16,19-20H2,1H3. The summed E-state index contributed by atoms with van der Waals surface area (Å²) in [6, 6.07) is 21.8. The Labute approximate surface area is 233 Å². The molecule has 200 valence electrons. The van der Waals surface area contributed by atoms with Crippen LogP contribution in [0.1, 0.15) is 11.1 Å². The molecule has 4 rings (SSSR count). The second-order valence-corrected chi connectivity index (χ2v) is 11.6. The minimum Gasteiger partial charge on any atom is -0.383 e. The summed E-state index contributed by atoms with van der Waals surface area (Å²) in [4.78, 5) is 18.5. The quantitative estimate of drug-likeness (QED) is 0.246. The Morgan fingerprint density at radius 1 is 0.974 bits per heavy atom. The van der Waals surface area contributed by atoms with Crippen molar-refractivity contribution in [2.75, 3.05) is 33.4 Å². The second-order valence-electron chi connectivity index (χ2n) is 8.82. The van der Waals surface area contributed by atoms with Crippen LogP contribution in [0.2, 0.25) is 10.0 Å². The number of sulfonamides is 1. The van der Waals surface area contributed by atoms with Crippen LogP contribution in [0.5, 0.6) is 0 Å². The number of hydrogen-bond acceptors (Lipinski definition) is 4. The number of aromatic amines is 1. The first-order chi connectivity index (χ1) is 18.3. The van der Waals surface area contributed by atoms with Crippen molar-refractivity contribution >= 4 is 50.0 Å². The highest BCUT2D eigenvalue weighted by atomic mass is 35.5. The van der Waals surface area contributed by atoms with Crippen molar-refractivity contribution in [1.29, 1.82) is 0 Å². The molecule has 0 unspecified atom stereocenters. The molecule has 0 aliphatic rings. The number of fused-ring (bicyclic) bond motifs is 1. The summed E-state index contributed by atoms with van der Waals surface area (Å²) in [5.74, 6) is -0.327. The molecule has 0 spiro atoms. The monoisotopic (exact) mass is 573 g/mol. The summed E-state index contributed by atoms with van der Waals surface area (Å²) in [5.41, 5.74) is 3.06. The fourth-order valence-electron chi connectivity index (χ4n) is 4.23. The minimum absolute atomic E-state index is 0.0188. The van der Waals surface area contributed by atoms with Crippen molar-refractivity contribution in [2.24, 2.45) is 0 Å². The molecule has 0 bridgehead atoms. The molecule has 10 heteroatoms. The number of aromatic nitrogens is 1. The number of benzene rings is 3. The molecule has 7 nitrogen and oxygen atoms in total. The van der Waals surface area contributed by atoms with Gasteiger partial charge >= 0.3 is 0 Å². The molecule has 4 aromatic rings. The minimum atomic E-state index is -4.13. The van der Waals surface area contributed by atoms with Gasteiger partial charge in [0.05, 0.1) is 18.2 Å². The summed E-state index contributed by atoms with van der Waals surface area (Å²) in [6.45, 7) is 0.479. The SMILES string of the molecule is COCCN(CC(=O)N(CCc1c[nH]c2ccccc12)Cc1ccccc1)S(=O)(=O)c1cc(Cl)ccc1Cl. The highest BCUT2D eigenvalue weighted by molar-refractivity contribution is 7.89. The van der Waals surface area contributed by atoms with Crippen LogP contribution in [0.3, 0.4) is 0 Å². The lowest BCUT2D eigenvalue weighted by atomic mass is 10.1. The Morgan fingerprint density at radius 2 is 1.71 bits per heavy atom. The Bertz CT molecular complexity index is 1490. The van der Waals surface area contributed by atoms with Crippen LogP contribution >= 0.6 is 23.2 Å². The lowest BCUT2D eigenvalue weighted by molar-refractivity contribution is -0.132. The van der Waals surface area contributed by atoms with E-state index < -0.39 is 10.0 Å². The van der Waals surface area contributed by atoms with Gasteiger partial charge in [0, 0.05) is 48.9 Å². The maximum atomic E-state index is 13.7. The number of carbonyl (C=O) groups excluding carboxylic acids is 1. The van der Waals surface area contributed by atoms with Gasteiger partial charge in [0.15, 0.2) is 0 Å². The summed E-state index contributed by atoms with van der Waals surface area (Å²) in [7, 11) is -2.66. The maximum Gasteiger partial charge on any atom is 0.245 e. The van der Waals surface area contributed by atoms with Gasteiger partial charge in [-0.3, -0.25) is 4.79 Å².